The lowest BCUT2D eigenvalue weighted by Crippen LogP contribution is -2.52. The van der Waals surface area contributed by atoms with Gasteiger partial charge in [0.15, 0.2) is 23.0 Å². The number of nitrogens with one attached hydrogen (secondary N) is 4. The number of benzene rings is 2. The van der Waals surface area contributed by atoms with Crippen molar-refractivity contribution in [3.8, 4) is 34.5 Å². The van der Waals surface area contributed by atoms with Gasteiger partial charge < -0.3 is 28.4 Å². The summed E-state index contributed by atoms with van der Waals surface area (Å²) in [6, 6.07) is 6.31. The van der Waals surface area contributed by atoms with Gasteiger partial charge in [-0.3, -0.25) is 40.9 Å². The van der Waals surface area contributed by atoms with Crippen LogP contribution in [0.3, 0.4) is 0 Å². The van der Waals surface area contributed by atoms with Crippen LogP contribution in [0.25, 0.3) is 0 Å². The fourth-order valence-corrected chi connectivity index (χ4v) is 7.92. The van der Waals surface area contributed by atoms with Crippen molar-refractivity contribution in [3.05, 3.63) is 35.4 Å². The SMILES string of the molecule is CCCCCCCOc1cc(C(=O)NNC(=O)C(=O)NNC(=O)c2cc(OCCCCCCC)c(OCCCCCCC)c(OCCCCCCC)c2)cc(OCCCCCCC)c1OCCCCCCC. The highest BCUT2D eigenvalue weighted by molar-refractivity contribution is 6.35. The molecule has 0 aliphatic carbocycles. The van der Waals surface area contributed by atoms with Crippen LogP contribution < -0.4 is 50.1 Å². The molecule has 0 spiro atoms. The van der Waals surface area contributed by atoms with Gasteiger partial charge in [0.25, 0.3) is 11.8 Å². The number of ether oxygens (including phenoxy) is 6. The first-order valence-corrected chi connectivity index (χ1v) is 28.6. The molecule has 0 aliphatic heterocycles. The fourth-order valence-electron chi connectivity index (χ4n) is 7.92. The van der Waals surface area contributed by atoms with E-state index >= 15 is 0 Å². The van der Waals surface area contributed by atoms with E-state index in [1.54, 1.807) is 24.3 Å². The Bertz CT molecular complexity index is 1560. The third kappa shape index (κ3) is 28.4. The maximum Gasteiger partial charge on any atom is 0.329 e. The lowest BCUT2D eigenvalue weighted by molar-refractivity contribution is -0.140. The van der Waals surface area contributed by atoms with Crippen LogP contribution >= 0.6 is 0 Å². The standard InChI is InChI=1S/C58H98N4O10/c1-7-13-19-25-31-37-67-49-43-47(44-50(68-38-32-26-20-14-8-2)53(49)71-41-35-29-23-17-11-5)55(63)59-61-57(65)58(66)62-60-56(64)48-45-51(69-39-33-27-21-15-9-3)54(72-42-36-30-24-18-12-6)52(46-48)70-40-34-28-22-16-10-4/h43-46H,7-42H2,1-6H3,(H,59,63)(H,60,64)(H,61,65)(H,62,66). The topological polar surface area (TPSA) is 172 Å². The molecule has 2 aromatic rings. The molecule has 0 unspecified atom stereocenters. The number of amides is 4. The fraction of sp³-hybridized carbons (Fsp3) is 0.724. The molecule has 4 amide bonds. The third-order valence-corrected chi connectivity index (χ3v) is 12.4. The van der Waals surface area contributed by atoms with E-state index in [4.69, 9.17) is 28.4 Å². The Morgan fingerprint density at radius 2 is 0.500 bits per heavy atom. The number of carbonyl (C=O) groups excluding carboxylic acids is 4. The summed E-state index contributed by atoms with van der Waals surface area (Å²) in [6.45, 7) is 15.7. The average Bonchev–Trinajstić information content (AvgIpc) is 3.38. The highest BCUT2D eigenvalue weighted by Gasteiger charge is 2.23. The van der Waals surface area contributed by atoms with Crippen LogP contribution in [0.1, 0.15) is 255 Å². The first-order chi connectivity index (χ1) is 35.2. The Balaban J connectivity index is 2.27. The summed E-state index contributed by atoms with van der Waals surface area (Å²) in [6.07, 6.45) is 31.7. The zero-order valence-electron chi connectivity index (χ0n) is 45.8. The van der Waals surface area contributed by atoms with Crippen LogP contribution in [-0.4, -0.2) is 63.3 Å². The van der Waals surface area contributed by atoms with Gasteiger partial charge in [-0.2, -0.15) is 0 Å². The van der Waals surface area contributed by atoms with Crippen molar-refractivity contribution in [3.63, 3.8) is 0 Å². The van der Waals surface area contributed by atoms with E-state index in [1.807, 2.05) is 0 Å². The summed E-state index contributed by atoms with van der Waals surface area (Å²) in [5, 5.41) is 0. The highest BCUT2D eigenvalue weighted by atomic mass is 16.5. The quantitative estimate of drug-likeness (QED) is 0.0284. The molecule has 410 valence electrons. The Labute approximate surface area is 435 Å². The van der Waals surface area contributed by atoms with Gasteiger partial charge in [-0.25, -0.2) is 0 Å². The summed E-state index contributed by atoms with van der Waals surface area (Å²) < 4.78 is 37.8. The van der Waals surface area contributed by atoms with Gasteiger partial charge in [-0.1, -0.05) is 196 Å². The summed E-state index contributed by atoms with van der Waals surface area (Å²) in [4.78, 5) is 53.5. The van der Waals surface area contributed by atoms with E-state index in [2.05, 4.69) is 63.2 Å². The number of unbranched alkanes of at least 4 members (excludes halogenated alkanes) is 24. The van der Waals surface area contributed by atoms with Crippen molar-refractivity contribution >= 4 is 23.6 Å². The molecule has 0 aromatic heterocycles. The minimum absolute atomic E-state index is 0.142. The minimum Gasteiger partial charge on any atom is -0.490 e. The minimum atomic E-state index is -1.21. The van der Waals surface area contributed by atoms with E-state index in [0.29, 0.717) is 74.1 Å². The maximum absolute atomic E-state index is 13.7. The smallest absolute Gasteiger partial charge is 0.329 e. The van der Waals surface area contributed by atoms with Crippen LogP contribution in [0.4, 0.5) is 0 Å². The molecule has 2 aromatic carbocycles. The van der Waals surface area contributed by atoms with Crippen LogP contribution in [-0.2, 0) is 9.59 Å². The van der Waals surface area contributed by atoms with E-state index in [9.17, 15) is 19.2 Å². The largest absolute Gasteiger partial charge is 0.490 e. The molecule has 0 aliphatic rings. The molecular formula is C58H98N4O10. The van der Waals surface area contributed by atoms with E-state index < -0.39 is 23.6 Å². The molecule has 14 nitrogen and oxygen atoms in total. The molecule has 72 heavy (non-hydrogen) atoms. The number of hydrazine groups is 2. The average molecular weight is 1010 g/mol. The van der Waals surface area contributed by atoms with Crippen molar-refractivity contribution < 1.29 is 47.6 Å². The van der Waals surface area contributed by atoms with Crippen molar-refractivity contribution in [2.75, 3.05) is 39.6 Å². The normalized spacial score (nSPS) is 10.9. The second-order valence-electron chi connectivity index (χ2n) is 19.0. The molecule has 0 saturated carbocycles. The first kappa shape index (κ1) is 63.2. The zero-order chi connectivity index (χ0) is 52.3. The molecule has 0 saturated heterocycles. The predicted octanol–water partition coefficient (Wildman–Crippen LogP) is 14.0. The van der Waals surface area contributed by atoms with Gasteiger partial charge in [-0.15, -0.1) is 0 Å². The monoisotopic (exact) mass is 1010 g/mol. The molecule has 0 heterocycles. The van der Waals surface area contributed by atoms with Gasteiger partial charge in [0, 0.05) is 11.1 Å². The van der Waals surface area contributed by atoms with Gasteiger partial charge in [0.2, 0.25) is 11.5 Å². The molecule has 14 heteroatoms. The van der Waals surface area contributed by atoms with Crippen LogP contribution in [0.2, 0.25) is 0 Å². The molecular weight excluding hydrogens is 913 g/mol. The Hall–Kier alpha value is -4.88. The Morgan fingerprint density at radius 1 is 0.292 bits per heavy atom. The number of carbonyl (C=O) groups is 4. The van der Waals surface area contributed by atoms with Gasteiger partial charge in [-0.05, 0) is 62.8 Å². The first-order valence-electron chi connectivity index (χ1n) is 28.6. The lowest BCUT2D eigenvalue weighted by Gasteiger charge is -2.19. The van der Waals surface area contributed by atoms with Crippen LogP contribution in [0, 0.1) is 0 Å². The summed E-state index contributed by atoms with van der Waals surface area (Å²) in [5.41, 5.74) is 9.30. The Morgan fingerprint density at radius 3 is 0.722 bits per heavy atom. The van der Waals surface area contributed by atoms with E-state index in [-0.39, 0.29) is 11.1 Å². The molecule has 0 fully saturated rings. The second kappa shape index (κ2) is 42.6. The summed E-state index contributed by atoms with van der Waals surface area (Å²) in [7, 11) is 0. The zero-order valence-corrected chi connectivity index (χ0v) is 45.8. The highest BCUT2D eigenvalue weighted by Crippen LogP contribution is 2.41. The lowest BCUT2D eigenvalue weighted by atomic mass is 10.1. The van der Waals surface area contributed by atoms with Crippen molar-refractivity contribution in [1.29, 1.82) is 0 Å². The third-order valence-electron chi connectivity index (χ3n) is 12.4. The second-order valence-corrected chi connectivity index (χ2v) is 19.0. The predicted molar refractivity (Wildman–Crippen MR) is 290 cm³/mol. The van der Waals surface area contributed by atoms with E-state index in [1.165, 1.54) is 12.8 Å². The van der Waals surface area contributed by atoms with Crippen molar-refractivity contribution in [2.24, 2.45) is 0 Å². The van der Waals surface area contributed by atoms with Gasteiger partial charge in [0.05, 0.1) is 39.6 Å². The molecule has 0 atom stereocenters. The number of hydrogen-bond acceptors (Lipinski definition) is 10. The summed E-state index contributed by atoms with van der Waals surface area (Å²) in [5.74, 6) is -1.41. The van der Waals surface area contributed by atoms with Gasteiger partial charge in [0.1, 0.15) is 0 Å². The molecule has 0 bridgehead atoms. The van der Waals surface area contributed by atoms with E-state index in [0.717, 1.165) is 180 Å². The number of hydrogen-bond donors (Lipinski definition) is 4. The summed E-state index contributed by atoms with van der Waals surface area (Å²) >= 11 is 0. The van der Waals surface area contributed by atoms with Crippen molar-refractivity contribution in [1.82, 2.24) is 21.7 Å². The maximum atomic E-state index is 13.7. The van der Waals surface area contributed by atoms with Crippen LogP contribution in [0.15, 0.2) is 24.3 Å². The number of rotatable bonds is 44. The van der Waals surface area contributed by atoms with Crippen LogP contribution in [0.5, 0.6) is 34.5 Å². The van der Waals surface area contributed by atoms with Crippen molar-refractivity contribution in [2.45, 2.75) is 234 Å². The Kier molecular flexibility index (Phi) is 37.4. The molecule has 0 radical (unpaired) electrons. The molecule has 4 N–H and O–H groups in total. The molecule has 2 rings (SSSR count). The van der Waals surface area contributed by atoms with Gasteiger partial charge >= 0.3 is 11.8 Å².